The highest BCUT2D eigenvalue weighted by molar-refractivity contribution is 6.31. The van der Waals surface area contributed by atoms with Crippen LogP contribution in [-0.4, -0.2) is 38.5 Å². The molecule has 1 saturated heterocycles. The number of aliphatic hydroxyl groups excluding tert-OH is 1. The summed E-state index contributed by atoms with van der Waals surface area (Å²) in [6, 6.07) is 0.448. The highest BCUT2D eigenvalue weighted by atomic mass is 35.5. The molecular weight excluding hydrogens is 286 g/mol. The first-order valence-corrected chi connectivity index (χ1v) is 8.54. The third kappa shape index (κ3) is 4.21. The van der Waals surface area contributed by atoms with E-state index in [0.717, 1.165) is 42.5 Å². The zero-order valence-corrected chi connectivity index (χ0v) is 14.2. The molecule has 1 fully saturated rings. The Morgan fingerprint density at radius 3 is 2.81 bits per heavy atom. The number of nitrogens with zero attached hydrogens (tertiary/aromatic N) is 3. The normalized spacial score (nSPS) is 22.2. The predicted molar refractivity (Wildman–Crippen MR) is 86.6 cm³/mol. The average Bonchev–Trinajstić information content (AvgIpc) is 2.61. The lowest BCUT2D eigenvalue weighted by atomic mass is 10.0. The van der Waals surface area contributed by atoms with Crippen LogP contribution in [0.25, 0.3) is 0 Å². The van der Waals surface area contributed by atoms with E-state index in [1.54, 1.807) is 0 Å². The Balaban J connectivity index is 2.17. The molecule has 4 nitrogen and oxygen atoms in total. The molecular formula is C16H28ClN3O. The van der Waals surface area contributed by atoms with Gasteiger partial charge in [0.05, 0.1) is 22.5 Å². The Hall–Kier alpha value is -0.580. The molecule has 0 bridgehead atoms. The van der Waals surface area contributed by atoms with Crippen molar-refractivity contribution in [2.24, 2.45) is 0 Å². The van der Waals surface area contributed by atoms with Crippen molar-refractivity contribution in [1.29, 1.82) is 0 Å². The number of hydrogen-bond acceptors (Lipinski definition) is 3. The number of aryl methyl sites for hydroxylation is 2. The number of halogens is 1. The molecule has 1 aliphatic rings. The molecule has 2 rings (SSSR count). The lowest BCUT2D eigenvalue weighted by Crippen LogP contribution is -2.37. The molecule has 0 saturated carbocycles. The molecule has 1 aliphatic heterocycles. The zero-order chi connectivity index (χ0) is 15.4. The molecule has 1 aromatic heterocycles. The molecule has 0 spiro atoms. The van der Waals surface area contributed by atoms with E-state index in [-0.39, 0.29) is 6.10 Å². The van der Waals surface area contributed by atoms with Gasteiger partial charge in [0.15, 0.2) is 0 Å². The molecule has 5 heteroatoms. The molecule has 2 unspecified atom stereocenters. The van der Waals surface area contributed by atoms with Gasteiger partial charge in [0.1, 0.15) is 0 Å². The zero-order valence-electron chi connectivity index (χ0n) is 13.5. The van der Waals surface area contributed by atoms with Gasteiger partial charge in [0.2, 0.25) is 0 Å². The summed E-state index contributed by atoms with van der Waals surface area (Å²) >= 11 is 6.45. The third-order valence-electron chi connectivity index (χ3n) is 4.42. The van der Waals surface area contributed by atoms with Crippen LogP contribution in [0.4, 0.5) is 0 Å². The van der Waals surface area contributed by atoms with Crippen LogP contribution in [-0.2, 0) is 13.1 Å². The van der Waals surface area contributed by atoms with Crippen molar-refractivity contribution < 1.29 is 5.11 Å². The smallest absolute Gasteiger partial charge is 0.0860 e. The maximum absolute atomic E-state index is 9.77. The van der Waals surface area contributed by atoms with Crippen LogP contribution in [0.3, 0.4) is 0 Å². The van der Waals surface area contributed by atoms with Crippen LogP contribution in [0.2, 0.25) is 5.02 Å². The van der Waals surface area contributed by atoms with E-state index in [9.17, 15) is 5.11 Å². The Morgan fingerprint density at radius 1 is 1.38 bits per heavy atom. The quantitative estimate of drug-likeness (QED) is 0.906. The first kappa shape index (κ1) is 16.8. The minimum Gasteiger partial charge on any atom is -0.393 e. The van der Waals surface area contributed by atoms with Gasteiger partial charge < -0.3 is 5.11 Å². The highest BCUT2D eigenvalue weighted by Gasteiger charge is 2.25. The second-order valence-electron chi connectivity index (χ2n) is 6.22. The van der Waals surface area contributed by atoms with Crippen molar-refractivity contribution in [2.45, 2.75) is 78.1 Å². The second-order valence-corrected chi connectivity index (χ2v) is 6.60. The van der Waals surface area contributed by atoms with E-state index in [2.05, 4.69) is 16.9 Å². The topological polar surface area (TPSA) is 41.3 Å². The first-order chi connectivity index (χ1) is 10.0. The summed E-state index contributed by atoms with van der Waals surface area (Å²) in [4.78, 5) is 2.49. The number of aromatic nitrogens is 2. The van der Waals surface area contributed by atoms with Gasteiger partial charge in [-0.05, 0) is 46.6 Å². The molecule has 120 valence electrons. The SMILES string of the molecule is CCn1nc(C)c(Cl)c1CN1CCCCCC1CC(C)O. The van der Waals surface area contributed by atoms with Crippen LogP contribution in [0.15, 0.2) is 0 Å². The molecule has 0 aromatic carbocycles. The Kier molecular flexibility index (Phi) is 6.08. The summed E-state index contributed by atoms with van der Waals surface area (Å²) in [5, 5.41) is 15.1. The second kappa shape index (κ2) is 7.61. The monoisotopic (exact) mass is 313 g/mol. The summed E-state index contributed by atoms with van der Waals surface area (Å²) < 4.78 is 2.02. The maximum atomic E-state index is 9.77. The van der Waals surface area contributed by atoms with Crippen molar-refractivity contribution in [3.8, 4) is 0 Å². The van der Waals surface area contributed by atoms with Crippen LogP contribution < -0.4 is 0 Å². The van der Waals surface area contributed by atoms with Gasteiger partial charge in [0, 0.05) is 19.1 Å². The Labute approximate surface area is 133 Å². The van der Waals surface area contributed by atoms with E-state index >= 15 is 0 Å². The minimum absolute atomic E-state index is 0.246. The summed E-state index contributed by atoms with van der Waals surface area (Å²) in [6.07, 6.45) is 5.54. The van der Waals surface area contributed by atoms with Crippen molar-refractivity contribution in [3.05, 3.63) is 16.4 Å². The average molecular weight is 314 g/mol. The lowest BCUT2D eigenvalue weighted by molar-refractivity contribution is 0.106. The molecule has 2 heterocycles. The number of likely N-dealkylation sites (tertiary alicyclic amines) is 1. The molecule has 1 aromatic rings. The summed E-state index contributed by atoms with van der Waals surface area (Å²) in [5.74, 6) is 0. The van der Waals surface area contributed by atoms with E-state index in [4.69, 9.17) is 11.6 Å². The van der Waals surface area contributed by atoms with Crippen molar-refractivity contribution in [2.75, 3.05) is 6.54 Å². The van der Waals surface area contributed by atoms with Crippen LogP contribution in [0.1, 0.15) is 57.3 Å². The summed E-state index contributed by atoms with van der Waals surface area (Å²) in [5.41, 5.74) is 2.03. The van der Waals surface area contributed by atoms with E-state index in [1.807, 2.05) is 18.5 Å². The van der Waals surface area contributed by atoms with Gasteiger partial charge in [-0.25, -0.2) is 0 Å². The van der Waals surface area contributed by atoms with Crippen LogP contribution in [0, 0.1) is 6.92 Å². The summed E-state index contributed by atoms with van der Waals surface area (Å²) in [7, 11) is 0. The van der Waals surface area contributed by atoms with E-state index < -0.39 is 0 Å². The van der Waals surface area contributed by atoms with Crippen LogP contribution >= 0.6 is 11.6 Å². The molecule has 0 radical (unpaired) electrons. The Bertz CT molecular complexity index is 459. The fraction of sp³-hybridized carbons (Fsp3) is 0.812. The summed E-state index contributed by atoms with van der Waals surface area (Å²) in [6.45, 7) is 8.72. The van der Waals surface area contributed by atoms with E-state index in [1.165, 1.54) is 25.7 Å². The number of aliphatic hydroxyl groups is 1. The minimum atomic E-state index is -0.246. The van der Waals surface area contributed by atoms with Gasteiger partial charge in [0.25, 0.3) is 0 Å². The van der Waals surface area contributed by atoms with Gasteiger partial charge in [-0.1, -0.05) is 24.4 Å². The van der Waals surface area contributed by atoms with Gasteiger partial charge in [-0.15, -0.1) is 0 Å². The van der Waals surface area contributed by atoms with Crippen molar-refractivity contribution in [1.82, 2.24) is 14.7 Å². The predicted octanol–water partition coefficient (Wildman–Crippen LogP) is 3.38. The molecule has 0 amide bonds. The first-order valence-electron chi connectivity index (χ1n) is 8.16. The standard InChI is InChI=1S/C16H28ClN3O/c1-4-20-15(16(17)13(3)18-20)11-19-9-7-5-6-8-14(19)10-12(2)21/h12,14,21H,4-11H2,1-3H3. The van der Waals surface area contributed by atoms with E-state index in [0.29, 0.717) is 6.04 Å². The van der Waals surface area contributed by atoms with Crippen molar-refractivity contribution in [3.63, 3.8) is 0 Å². The Morgan fingerprint density at radius 2 is 2.14 bits per heavy atom. The molecule has 21 heavy (non-hydrogen) atoms. The molecule has 1 N–H and O–H groups in total. The van der Waals surface area contributed by atoms with Gasteiger partial charge in [-0.2, -0.15) is 5.10 Å². The molecule has 2 atom stereocenters. The fourth-order valence-electron chi connectivity index (χ4n) is 3.32. The third-order valence-corrected chi connectivity index (χ3v) is 4.91. The fourth-order valence-corrected chi connectivity index (χ4v) is 3.51. The van der Waals surface area contributed by atoms with Crippen LogP contribution in [0.5, 0.6) is 0 Å². The number of rotatable bonds is 5. The van der Waals surface area contributed by atoms with Gasteiger partial charge >= 0.3 is 0 Å². The van der Waals surface area contributed by atoms with Gasteiger partial charge in [-0.3, -0.25) is 9.58 Å². The maximum Gasteiger partial charge on any atom is 0.0860 e. The largest absolute Gasteiger partial charge is 0.393 e. The molecule has 0 aliphatic carbocycles. The van der Waals surface area contributed by atoms with Crippen molar-refractivity contribution >= 4 is 11.6 Å². The number of hydrogen-bond donors (Lipinski definition) is 1. The highest BCUT2D eigenvalue weighted by Crippen LogP contribution is 2.26. The lowest BCUT2D eigenvalue weighted by Gasteiger charge is -2.31.